The molecule has 0 radical (unpaired) electrons. The van der Waals surface area contributed by atoms with Gasteiger partial charge in [0.1, 0.15) is 6.10 Å². The maximum absolute atomic E-state index is 12.4. The first-order valence-electron chi connectivity index (χ1n) is 12.4. The molecule has 0 aliphatic heterocycles. The van der Waals surface area contributed by atoms with Crippen LogP contribution >= 0.6 is 7.82 Å². The number of phosphoric acid groups is 1. The summed E-state index contributed by atoms with van der Waals surface area (Å²) >= 11 is 0. The van der Waals surface area contributed by atoms with Gasteiger partial charge in [0.25, 0.3) is 0 Å². The van der Waals surface area contributed by atoms with Crippen LogP contribution in [0.25, 0.3) is 0 Å². The summed E-state index contributed by atoms with van der Waals surface area (Å²) in [6, 6.07) is 0. The third-order valence-electron chi connectivity index (χ3n) is 5.27. The lowest BCUT2D eigenvalue weighted by Gasteiger charge is -2.24. The maximum atomic E-state index is 12.4. The summed E-state index contributed by atoms with van der Waals surface area (Å²) in [5.74, 6) is -0.550. The van der Waals surface area contributed by atoms with Crippen LogP contribution in [0.3, 0.4) is 0 Å². The van der Waals surface area contributed by atoms with Crippen LogP contribution in [0, 0.1) is 0 Å². The summed E-state index contributed by atoms with van der Waals surface area (Å²) in [6.45, 7) is 1.21. The van der Waals surface area contributed by atoms with Gasteiger partial charge in [0.05, 0.1) is 13.2 Å². The molecule has 3 atom stereocenters. The van der Waals surface area contributed by atoms with E-state index in [1.165, 1.54) is 38.5 Å². The van der Waals surface area contributed by atoms with Crippen LogP contribution in [0.15, 0.2) is 12.2 Å². The minimum absolute atomic E-state index is 0.0125. The second-order valence-corrected chi connectivity index (χ2v) is 9.65. The third kappa shape index (κ3) is 18.4. The fourth-order valence-corrected chi connectivity index (χ4v) is 4.31. The molecule has 0 bridgehead atoms. The van der Waals surface area contributed by atoms with Gasteiger partial charge in [-0.15, -0.1) is 0 Å². The number of rotatable bonds is 24. The lowest BCUT2D eigenvalue weighted by Crippen LogP contribution is -2.40. The highest BCUT2D eigenvalue weighted by molar-refractivity contribution is 7.47. The van der Waals surface area contributed by atoms with Crippen molar-refractivity contribution >= 4 is 13.6 Å². The predicted octanol–water partition coefficient (Wildman–Crippen LogP) is 4.90. The number of unbranched alkanes of at least 4 members (excludes halogenated alkanes) is 11. The predicted molar refractivity (Wildman–Crippen MR) is 129 cm³/mol. The van der Waals surface area contributed by atoms with Gasteiger partial charge in [0.15, 0.2) is 11.9 Å². The van der Waals surface area contributed by atoms with Crippen LogP contribution in [-0.4, -0.2) is 53.0 Å². The number of nitrogens with two attached hydrogens (primary N) is 1. The average molecular weight is 496 g/mol. The van der Waals surface area contributed by atoms with E-state index < -0.39 is 32.4 Å². The van der Waals surface area contributed by atoms with Crippen molar-refractivity contribution in [3.8, 4) is 0 Å². The van der Waals surface area contributed by atoms with Gasteiger partial charge in [0.2, 0.25) is 0 Å². The van der Waals surface area contributed by atoms with Gasteiger partial charge in [-0.1, -0.05) is 70.4 Å². The minimum Gasteiger partial charge on any atom is -0.393 e. The molecular formula is C23H46NO8P. The Morgan fingerprint density at radius 3 is 2.03 bits per heavy atom. The quantitative estimate of drug-likeness (QED) is 0.0482. The normalized spacial score (nSPS) is 15.5. The Labute approximate surface area is 199 Å². The molecule has 0 saturated heterocycles. The topological polar surface area (TPSA) is 149 Å². The van der Waals surface area contributed by atoms with Crippen LogP contribution in [-0.2, 0) is 23.3 Å². The van der Waals surface area contributed by atoms with Gasteiger partial charge < -0.3 is 15.7 Å². The van der Waals surface area contributed by atoms with E-state index in [9.17, 15) is 19.4 Å². The van der Waals surface area contributed by atoms with Crippen LogP contribution in [0.5, 0.6) is 0 Å². The van der Waals surface area contributed by atoms with Gasteiger partial charge in [-0.05, 0) is 32.1 Å². The number of carbonyl (C=O) groups excluding carboxylic acids is 1. The molecule has 33 heavy (non-hydrogen) atoms. The van der Waals surface area contributed by atoms with Crippen molar-refractivity contribution in [1.82, 2.24) is 0 Å². The molecule has 196 valence electrons. The summed E-state index contributed by atoms with van der Waals surface area (Å²) in [5.41, 5.74) is 5.22. The van der Waals surface area contributed by atoms with Gasteiger partial charge in [-0.25, -0.2) is 9.45 Å². The third-order valence-corrected chi connectivity index (χ3v) is 6.28. The van der Waals surface area contributed by atoms with Crippen LogP contribution in [0.4, 0.5) is 0 Å². The van der Waals surface area contributed by atoms with Gasteiger partial charge in [-0.2, -0.15) is 0 Å². The summed E-state index contributed by atoms with van der Waals surface area (Å²) < 4.78 is 21.4. The van der Waals surface area contributed by atoms with Crippen LogP contribution in [0.2, 0.25) is 0 Å². The first-order valence-corrected chi connectivity index (χ1v) is 13.9. The highest BCUT2D eigenvalue weighted by atomic mass is 31.2. The summed E-state index contributed by atoms with van der Waals surface area (Å²) in [7, 11) is -4.58. The van der Waals surface area contributed by atoms with Gasteiger partial charge in [-0.3, -0.25) is 19.1 Å². The van der Waals surface area contributed by atoms with E-state index in [1.54, 1.807) is 0 Å². The molecule has 0 aliphatic rings. The van der Waals surface area contributed by atoms with Crippen LogP contribution in [0.1, 0.15) is 96.8 Å². The van der Waals surface area contributed by atoms with Crippen molar-refractivity contribution in [3.05, 3.63) is 12.2 Å². The van der Waals surface area contributed by atoms with Crippen molar-refractivity contribution in [2.24, 2.45) is 5.73 Å². The zero-order valence-corrected chi connectivity index (χ0v) is 21.1. The van der Waals surface area contributed by atoms with Crippen molar-refractivity contribution in [2.45, 2.75) is 109 Å². The van der Waals surface area contributed by atoms with E-state index in [-0.39, 0.29) is 19.6 Å². The van der Waals surface area contributed by atoms with Crippen molar-refractivity contribution in [1.29, 1.82) is 0 Å². The highest BCUT2D eigenvalue weighted by Gasteiger charge is 2.37. The van der Waals surface area contributed by atoms with Gasteiger partial charge in [0, 0.05) is 13.0 Å². The number of phosphoric ester groups is 1. The van der Waals surface area contributed by atoms with E-state index >= 15 is 0 Å². The van der Waals surface area contributed by atoms with E-state index in [0.717, 1.165) is 38.5 Å². The molecular weight excluding hydrogens is 449 g/mol. The van der Waals surface area contributed by atoms with Gasteiger partial charge >= 0.3 is 7.82 Å². The first-order chi connectivity index (χ1) is 15.9. The number of Topliss-reactive ketones (excluding diaryl/α,β-unsaturated/α-hetero) is 1. The molecule has 0 aromatic rings. The Balaban J connectivity index is 4.04. The zero-order valence-electron chi connectivity index (χ0n) is 20.2. The standard InChI is InChI=1S/C23H46NO8P/c1-2-3-4-5-6-7-8-9-10-11-12-13-14-15-16-17-21(26)23(22(20-25)31-27)32-33(28,29)30-19-18-24/h9-10,22-23,25,27H,2-8,11-20,24H2,1H3,(H,28,29)/b10-9-/t22-,23?/m0/s1. The number of aliphatic hydroxyl groups is 1. The fraction of sp³-hybridized carbons (Fsp3) is 0.870. The lowest BCUT2D eigenvalue weighted by molar-refractivity contribution is -0.298. The number of ketones is 1. The molecule has 0 rings (SSSR count). The summed E-state index contributed by atoms with van der Waals surface area (Å²) in [4.78, 5) is 26.2. The van der Waals surface area contributed by atoms with Crippen molar-refractivity contribution < 1.29 is 38.6 Å². The molecule has 0 heterocycles. The van der Waals surface area contributed by atoms with Crippen molar-refractivity contribution in [2.75, 3.05) is 19.8 Å². The number of carbonyl (C=O) groups is 1. The molecule has 0 spiro atoms. The monoisotopic (exact) mass is 495 g/mol. The van der Waals surface area contributed by atoms with E-state index in [2.05, 4.69) is 28.5 Å². The molecule has 0 aromatic carbocycles. The van der Waals surface area contributed by atoms with E-state index in [0.29, 0.717) is 6.42 Å². The summed E-state index contributed by atoms with van der Waals surface area (Å²) in [5, 5.41) is 18.2. The molecule has 2 unspecified atom stereocenters. The number of hydrogen-bond donors (Lipinski definition) is 4. The molecule has 0 aliphatic carbocycles. The number of aliphatic hydroxyl groups excluding tert-OH is 1. The number of allylic oxidation sites excluding steroid dienone is 2. The second-order valence-electron chi connectivity index (χ2n) is 8.24. The Morgan fingerprint density at radius 1 is 0.970 bits per heavy atom. The Hall–Kier alpha value is -0.640. The molecule has 5 N–H and O–H groups in total. The molecule has 0 saturated carbocycles. The largest absolute Gasteiger partial charge is 0.473 e. The van der Waals surface area contributed by atoms with E-state index in [1.807, 2.05) is 0 Å². The highest BCUT2D eigenvalue weighted by Crippen LogP contribution is 2.45. The SMILES string of the molecule is CCCCCCCC/C=C\CCCCCCCC(=O)C(OP(=O)(O)OCCN)[C@H](CO)OO. The number of hydrogen-bond acceptors (Lipinski definition) is 8. The van der Waals surface area contributed by atoms with Crippen molar-refractivity contribution in [3.63, 3.8) is 0 Å². The summed E-state index contributed by atoms with van der Waals surface area (Å²) in [6.07, 6.45) is 16.1. The zero-order chi connectivity index (χ0) is 24.8. The molecule has 10 heteroatoms. The van der Waals surface area contributed by atoms with E-state index in [4.69, 9.17) is 15.5 Å². The molecule has 0 fully saturated rings. The fourth-order valence-electron chi connectivity index (χ4n) is 3.37. The Bertz CT molecular complexity index is 543. The molecule has 0 aromatic heterocycles. The van der Waals surface area contributed by atoms with Crippen LogP contribution < -0.4 is 5.73 Å². The second kappa shape index (κ2) is 21.9. The maximum Gasteiger partial charge on any atom is 0.473 e. The Morgan fingerprint density at radius 2 is 1.52 bits per heavy atom. The Kier molecular flexibility index (Phi) is 21.4. The smallest absolute Gasteiger partial charge is 0.393 e. The minimum atomic E-state index is -4.58. The first kappa shape index (κ1) is 32.4. The molecule has 9 nitrogen and oxygen atoms in total. The average Bonchev–Trinajstić information content (AvgIpc) is 2.80. The molecule has 0 amide bonds. The lowest BCUT2D eigenvalue weighted by atomic mass is 10.0.